The van der Waals surface area contributed by atoms with E-state index in [-0.39, 0.29) is 19.1 Å². The fourth-order valence-electron chi connectivity index (χ4n) is 6.62. The van der Waals surface area contributed by atoms with E-state index in [4.69, 9.17) is 9.05 Å². The molecular formula is C44H89N2O6P. The van der Waals surface area contributed by atoms with Crippen LogP contribution in [0.4, 0.5) is 0 Å². The van der Waals surface area contributed by atoms with Crippen molar-refractivity contribution in [3.8, 4) is 0 Å². The number of hydrogen-bond acceptors (Lipinski definition) is 6. The van der Waals surface area contributed by atoms with Crippen LogP contribution in [0.25, 0.3) is 0 Å². The molecule has 0 aliphatic rings. The van der Waals surface area contributed by atoms with Crippen molar-refractivity contribution in [1.82, 2.24) is 5.32 Å². The lowest BCUT2D eigenvalue weighted by Crippen LogP contribution is -2.45. The van der Waals surface area contributed by atoms with Crippen molar-refractivity contribution in [3.63, 3.8) is 0 Å². The summed E-state index contributed by atoms with van der Waals surface area (Å²) >= 11 is 0. The van der Waals surface area contributed by atoms with E-state index in [0.717, 1.165) is 38.5 Å². The zero-order valence-corrected chi connectivity index (χ0v) is 36.6. The summed E-state index contributed by atoms with van der Waals surface area (Å²) in [4.78, 5) is 25.3. The molecule has 1 amide bonds. The number of quaternary nitrogens is 1. The average Bonchev–Trinajstić information content (AvgIpc) is 3.10. The van der Waals surface area contributed by atoms with Crippen LogP contribution in [0.2, 0.25) is 0 Å². The highest BCUT2D eigenvalue weighted by atomic mass is 31.2. The minimum atomic E-state index is -4.58. The summed E-state index contributed by atoms with van der Waals surface area (Å²) in [5, 5.41) is 13.8. The van der Waals surface area contributed by atoms with Gasteiger partial charge in [0.25, 0.3) is 7.82 Å². The van der Waals surface area contributed by atoms with Crippen LogP contribution in [0.1, 0.15) is 213 Å². The second kappa shape index (κ2) is 36.9. The zero-order valence-electron chi connectivity index (χ0n) is 35.7. The number of unbranched alkanes of at least 4 members (excludes halogenated alkanes) is 28. The molecule has 316 valence electrons. The highest BCUT2D eigenvalue weighted by Crippen LogP contribution is 2.38. The first-order chi connectivity index (χ1) is 25.5. The van der Waals surface area contributed by atoms with Gasteiger partial charge in [0.2, 0.25) is 5.91 Å². The maximum atomic E-state index is 12.8. The Kier molecular flexibility index (Phi) is 36.3. The predicted molar refractivity (Wildman–Crippen MR) is 224 cm³/mol. The van der Waals surface area contributed by atoms with Gasteiger partial charge in [-0.2, -0.15) is 0 Å². The Labute approximate surface area is 329 Å². The highest BCUT2D eigenvalue weighted by Gasteiger charge is 2.23. The first kappa shape index (κ1) is 52.2. The first-order valence-electron chi connectivity index (χ1n) is 22.6. The standard InChI is InChI=1S/C44H89N2O6P/c1-6-8-10-12-14-16-18-20-21-22-23-24-26-28-30-32-34-36-38-44(48)45-42(41-52-53(49,50)51-40-39-46(3,4)5)43(47)37-35-33-31-29-27-25-19-17-15-13-11-9-7-2/h35,37,42-43,47H,6-34,36,38-41H2,1-5H3,(H-,45,48,49,50)/b37-35+/t42-,43+/m1/s1. The average molecular weight is 773 g/mol. The summed E-state index contributed by atoms with van der Waals surface area (Å²) in [5.74, 6) is -0.195. The van der Waals surface area contributed by atoms with Gasteiger partial charge in [0.1, 0.15) is 13.2 Å². The third-order valence-corrected chi connectivity index (χ3v) is 11.2. The molecule has 0 aromatic carbocycles. The number of phosphoric ester groups is 1. The molecule has 0 radical (unpaired) electrons. The van der Waals surface area contributed by atoms with Gasteiger partial charge in [0.05, 0.1) is 39.9 Å². The monoisotopic (exact) mass is 773 g/mol. The number of rotatable bonds is 41. The minimum absolute atomic E-state index is 0.00206. The number of nitrogens with one attached hydrogen (secondary N) is 1. The number of aliphatic hydroxyl groups is 1. The Hall–Kier alpha value is -0.760. The summed E-state index contributed by atoms with van der Waals surface area (Å²) in [5.41, 5.74) is 0. The molecule has 0 spiro atoms. The fourth-order valence-corrected chi connectivity index (χ4v) is 7.35. The van der Waals surface area contributed by atoms with Gasteiger partial charge in [-0.3, -0.25) is 9.36 Å². The van der Waals surface area contributed by atoms with Gasteiger partial charge in [-0.15, -0.1) is 0 Å². The third-order valence-electron chi connectivity index (χ3n) is 10.2. The molecule has 0 fully saturated rings. The van der Waals surface area contributed by atoms with Crippen LogP contribution >= 0.6 is 7.82 Å². The molecule has 3 atom stereocenters. The SMILES string of the molecule is CCCCCCCCCCCCC/C=C/[C@H](O)[C@@H](COP(=O)([O-])OCC[N+](C)(C)C)NC(=O)CCCCCCCCCCCCCCCCCCCC. The number of carbonyl (C=O) groups is 1. The van der Waals surface area contributed by atoms with Crippen molar-refractivity contribution in [2.75, 3.05) is 40.9 Å². The van der Waals surface area contributed by atoms with Crippen molar-refractivity contribution >= 4 is 13.7 Å². The van der Waals surface area contributed by atoms with Gasteiger partial charge in [-0.1, -0.05) is 199 Å². The molecule has 0 saturated carbocycles. The van der Waals surface area contributed by atoms with Crippen LogP contribution in [-0.4, -0.2) is 68.5 Å². The van der Waals surface area contributed by atoms with Crippen molar-refractivity contribution in [2.24, 2.45) is 0 Å². The molecule has 0 bridgehead atoms. The second-order valence-corrected chi connectivity index (χ2v) is 18.2. The van der Waals surface area contributed by atoms with Crippen LogP contribution < -0.4 is 10.2 Å². The molecule has 9 heteroatoms. The molecule has 0 aliphatic carbocycles. The van der Waals surface area contributed by atoms with Crippen molar-refractivity contribution in [3.05, 3.63) is 12.2 Å². The van der Waals surface area contributed by atoms with Gasteiger partial charge in [0.15, 0.2) is 0 Å². The molecule has 0 saturated heterocycles. The summed E-state index contributed by atoms with van der Waals surface area (Å²) in [6.45, 7) is 4.66. The van der Waals surface area contributed by atoms with E-state index in [0.29, 0.717) is 17.4 Å². The quantitative estimate of drug-likeness (QED) is 0.0277. The summed E-state index contributed by atoms with van der Waals surface area (Å²) < 4.78 is 23.2. The lowest BCUT2D eigenvalue weighted by molar-refractivity contribution is -0.870. The minimum Gasteiger partial charge on any atom is -0.756 e. The number of amides is 1. The van der Waals surface area contributed by atoms with Crippen molar-refractivity contribution < 1.29 is 32.9 Å². The largest absolute Gasteiger partial charge is 0.756 e. The molecule has 0 aromatic rings. The smallest absolute Gasteiger partial charge is 0.268 e. The van der Waals surface area contributed by atoms with Crippen LogP contribution in [0.15, 0.2) is 12.2 Å². The molecule has 1 unspecified atom stereocenters. The number of allylic oxidation sites excluding steroid dienone is 1. The molecule has 0 aromatic heterocycles. The number of carbonyl (C=O) groups excluding carboxylic acids is 1. The van der Waals surface area contributed by atoms with E-state index in [1.54, 1.807) is 6.08 Å². The maximum absolute atomic E-state index is 12.8. The lowest BCUT2D eigenvalue weighted by atomic mass is 10.0. The maximum Gasteiger partial charge on any atom is 0.268 e. The Morgan fingerprint density at radius 3 is 1.42 bits per heavy atom. The normalized spacial score (nSPS) is 14.5. The van der Waals surface area contributed by atoms with Crippen LogP contribution in [0, 0.1) is 0 Å². The van der Waals surface area contributed by atoms with E-state index in [1.807, 2.05) is 27.2 Å². The molecule has 53 heavy (non-hydrogen) atoms. The zero-order chi connectivity index (χ0) is 39.3. The first-order valence-corrected chi connectivity index (χ1v) is 24.0. The van der Waals surface area contributed by atoms with Gasteiger partial charge in [-0.25, -0.2) is 0 Å². The van der Waals surface area contributed by atoms with E-state index < -0.39 is 20.0 Å². The molecule has 8 nitrogen and oxygen atoms in total. The second-order valence-electron chi connectivity index (χ2n) is 16.8. The molecule has 0 rings (SSSR count). The summed E-state index contributed by atoms with van der Waals surface area (Å²) in [6, 6.07) is -0.879. The topological polar surface area (TPSA) is 108 Å². The molecular weight excluding hydrogens is 683 g/mol. The number of hydrogen-bond donors (Lipinski definition) is 2. The third kappa shape index (κ3) is 39.3. The van der Waals surface area contributed by atoms with Crippen LogP contribution in [0.3, 0.4) is 0 Å². The molecule has 0 aliphatic heterocycles. The van der Waals surface area contributed by atoms with E-state index in [9.17, 15) is 19.4 Å². The van der Waals surface area contributed by atoms with Crippen molar-refractivity contribution in [1.29, 1.82) is 0 Å². The van der Waals surface area contributed by atoms with Crippen molar-refractivity contribution in [2.45, 2.75) is 225 Å². The number of phosphoric acid groups is 1. The van der Waals surface area contributed by atoms with E-state index >= 15 is 0 Å². The van der Waals surface area contributed by atoms with Gasteiger partial charge in [-0.05, 0) is 19.3 Å². The van der Waals surface area contributed by atoms with Crippen LogP contribution in [0.5, 0.6) is 0 Å². The highest BCUT2D eigenvalue weighted by molar-refractivity contribution is 7.45. The predicted octanol–water partition coefficient (Wildman–Crippen LogP) is 11.7. The van der Waals surface area contributed by atoms with Gasteiger partial charge < -0.3 is 28.8 Å². The Bertz CT molecular complexity index is 880. The number of nitrogens with zero attached hydrogens (tertiary/aromatic N) is 1. The van der Waals surface area contributed by atoms with Gasteiger partial charge in [0, 0.05) is 6.42 Å². The van der Waals surface area contributed by atoms with Gasteiger partial charge >= 0.3 is 0 Å². The summed E-state index contributed by atoms with van der Waals surface area (Å²) in [6.07, 6.45) is 41.1. The van der Waals surface area contributed by atoms with E-state index in [1.165, 1.54) is 154 Å². The Balaban J connectivity index is 4.35. The fraction of sp³-hybridized carbons (Fsp3) is 0.932. The molecule has 0 heterocycles. The number of likely N-dealkylation sites (N-methyl/N-ethyl adjacent to an activating group) is 1. The van der Waals surface area contributed by atoms with Crippen LogP contribution in [-0.2, 0) is 18.4 Å². The Morgan fingerprint density at radius 2 is 1.02 bits per heavy atom. The molecule has 2 N–H and O–H groups in total. The number of aliphatic hydroxyl groups excluding tert-OH is 1. The van der Waals surface area contributed by atoms with E-state index in [2.05, 4.69) is 19.2 Å². The Morgan fingerprint density at radius 1 is 0.642 bits per heavy atom. The summed E-state index contributed by atoms with van der Waals surface area (Å²) in [7, 11) is 1.27. The lowest BCUT2D eigenvalue weighted by Gasteiger charge is -2.29.